The van der Waals surface area contributed by atoms with Gasteiger partial charge in [-0.1, -0.05) is 30.3 Å². The van der Waals surface area contributed by atoms with Crippen molar-refractivity contribution in [3.63, 3.8) is 0 Å². The molecule has 9 heteroatoms. The highest BCUT2D eigenvalue weighted by molar-refractivity contribution is 5.79. The zero-order chi connectivity index (χ0) is 22.2. The highest BCUT2D eigenvalue weighted by atomic mass is 16.6. The molecule has 1 fully saturated rings. The van der Waals surface area contributed by atoms with Crippen LogP contribution in [0.15, 0.2) is 53.5 Å². The number of carbonyl (C=O) groups excluding carboxylic acids is 1. The van der Waals surface area contributed by atoms with Crippen LogP contribution >= 0.6 is 0 Å². The number of piperidine rings is 1. The van der Waals surface area contributed by atoms with Crippen molar-refractivity contribution in [2.75, 3.05) is 24.5 Å². The van der Waals surface area contributed by atoms with Crippen LogP contribution in [0.5, 0.6) is 0 Å². The summed E-state index contributed by atoms with van der Waals surface area (Å²) < 4.78 is 1.19. The maximum absolute atomic E-state index is 13.1. The first-order valence-corrected chi connectivity index (χ1v) is 10.8. The SMILES string of the molecule is O=C(C1CCN(c2nc3ccccn3c(=O)c2[N+](=O)[O-])CC1)N1CCc2ccccc2C1. The Kier molecular flexibility index (Phi) is 5.08. The predicted octanol–water partition coefficient (Wildman–Crippen LogP) is 2.40. The summed E-state index contributed by atoms with van der Waals surface area (Å²) in [5.41, 5.74) is 1.64. The monoisotopic (exact) mass is 433 g/mol. The highest BCUT2D eigenvalue weighted by Crippen LogP contribution is 2.29. The second kappa shape index (κ2) is 8.07. The Morgan fingerprint density at radius 1 is 1.03 bits per heavy atom. The first-order chi connectivity index (χ1) is 15.5. The molecular weight excluding hydrogens is 410 g/mol. The molecule has 1 saturated heterocycles. The van der Waals surface area contributed by atoms with Gasteiger partial charge in [-0.05, 0) is 42.5 Å². The second-order valence-corrected chi connectivity index (χ2v) is 8.31. The van der Waals surface area contributed by atoms with Crippen LogP contribution in [0, 0.1) is 16.0 Å². The van der Waals surface area contributed by atoms with Gasteiger partial charge in [0.1, 0.15) is 5.65 Å². The van der Waals surface area contributed by atoms with Gasteiger partial charge >= 0.3 is 11.2 Å². The topological polar surface area (TPSA) is 101 Å². The van der Waals surface area contributed by atoms with Crippen molar-refractivity contribution < 1.29 is 9.72 Å². The maximum Gasteiger partial charge on any atom is 0.376 e. The fourth-order valence-electron chi connectivity index (χ4n) is 4.73. The maximum atomic E-state index is 13.1. The van der Waals surface area contributed by atoms with E-state index in [4.69, 9.17) is 0 Å². The molecule has 0 spiro atoms. The van der Waals surface area contributed by atoms with Crippen molar-refractivity contribution in [1.82, 2.24) is 14.3 Å². The molecule has 164 valence electrons. The Labute approximate surface area is 184 Å². The van der Waals surface area contributed by atoms with E-state index in [1.165, 1.54) is 21.7 Å². The van der Waals surface area contributed by atoms with E-state index in [0.29, 0.717) is 44.7 Å². The van der Waals surface area contributed by atoms with E-state index in [-0.39, 0.29) is 17.6 Å². The third-order valence-electron chi connectivity index (χ3n) is 6.46. The zero-order valence-corrected chi connectivity index (χ0v) is 17.5. The second-order valence-electron chi connectivity index (χ2n) is 8.31. The van der Waals surface area contributed by atoms with E-state index in [1.54, 1.807) is 23.1 Å². The molecule has 2 aliphatic heterocycles. The normalized spacial score (nSPS) is 16.8. The van der Waals surface area contributed by atoms with Gasteiger partial charge in [0.05, 0.1) is 4.92 Å². The lowest BCUT2D eigenvalue weighted by Gasteiger charge is -2.36. The number of nitrogens with zero attached hydrogens (tertiary/aromatic N) is 5. The van der Waals surface area contributed by atoms with Crippen molar-refractivity contribution in [3.8, 4) is 0 Å². The van der Waals surface area contributed by atoms with E-state index in [0.717, 1.165) is 6.42 Å². The van der Waals surface area contributed by atoms with Gasteiger partial charge in [0.15, 0.2) is 0 Å². The van der Waals surface area contributed by atoms with Gasteiger partial charge in [-0.3, -0.25) is 24.1 Å². The summed E-state index contributed by atoms with van der Waals surface area (Å²) in [6.45, 7) is 2.22. The van der Waals surface area contributed by atoms with E-state index < -0.39 is 16.2 Å². The summed E-state index contributed by atoms with van der Waals surface area (Å²) in [5, 5.41) is 11.7. The first-order valence-electron chi connectivity index (χ1n) is 10.8. The van der Waals surface area contributed by atoms with Crippen LogP contribution in [0.25, 0.3) is 5.65 Å². The fourth-order valence-corrected chi connectivity index (χ4v) is 4.73. The Balaban J connectivity index is 1.34. The van der Waals surface area contributed by atoms with Crippen LogP contribution in [0.2, 0.25) is 0 Å². The molecular formula is C23H23N5O4. The predicted molar refractivity (Wildman–Crippen MR) is 119 cm³/mol. The Hall–Kier alpha value is -3.75. The molecule has 4 heterocycles. The van der Waals surface area contributed by atoms with Gasteiger partial charge in [0.25, 0.3) is 0 Å². The van der Waals surface area contributed by atoms with Crippen molar-refractivity contribution >= 4 is 23.1 Å². The summed E-state index contributed by atoms with van der Waals surface area (Å²) in [6, 6.07) is 13.2. The Morgan fingerprint density at radius 2 is 1.75 bits per heavy atom. The van der Waals surface area contributed by atoms with Crippen LogP contribution in [-0.4, -0.2) is 44.7 Å². The highest BCUT2D eigenvalue weighted by Gasteiger charge is 2.34. The summed E-state index contributed by atoms with van der Waals surface area (Å²) in [5.74, 6) is 0.0984. The zero-order valence-electron chi connectivity index (χ0n) is 17.5. The van der Waals surface area contributed by atoms with Crippen LogP contribution in [0.3, 0.4) is 0 Å². The molecule has 5 rings (SSSR count). The van der Waals surface area contributed by atoms with Crippen LogP contribution in [-0.2, 0) is 17.8 Å². The third-order valence-corrected chi connectivity index (χ3v) is 6.46. The largest absolute Gasteiger partial charge is 0.376 e. The molecule has 0 radical (unpaired) electrons. The van der Waals surface area contributed by atoms with Gasteiger partial charge < -0.3 is 9.80 Å². The van der Waals surface area contributed by atoms with Gasteiger partial charge in [-0.2, -0.15) is 0 Å². The van der Waals surface area contributed by atoms with Gasteiger partial charge in [-0.25, -0.2) is 4.98 Å². The van der Waals surface area contributed by atoms with Crippen LogP contribution < -0.4 is 10.5 Å². The molecule has 1 aromatic carbocycles. The minimum atomic E-state index is -0.694. The molecule has 0 N–H and O–H groups in total. The molecule has 32 heavy (non-hydrogen) atoms. The molecule has 0 aliphatic carbocycles. The number of hydrogen-bond donors (Lipinski definition) is 0. The van der Waals surface area contributed by atoms with Crippen molar-refractivity contribution in [2.24, 2.45) is 5.92 Å². The average molecular weight is 433 g/mol. The summed E-state index contributed by atoms with van der Waals surface area (Å²) >= 11 is 0. The lowest BCUT2D eigenvalue weighted by molar-refractivity contribution is -0.385. The standard InChI is InChI=1S/C23H23N5O4/c29-22(26-14-8-16-5-1-2-6-18(16)15-26)17-9-12-25(13-10-17)21-20(28(31)32)23(30)27-11-4-3-7-19(27)24-21/h1-7,11,17H,8-10,12-15H2. The number of fused-ring (bicyclic) bond motifs is 2. The number of anilines is 1. The number of benzene rings is 1. The summed E-state index contributed by atoms with van der Waals surface area (Å²) in [6.07, 6.45) is 3.48. The van der Waals surface area contributed by atoms with Gasteiger partial charge in [0, 0.05) is 38.3 Å². The molecule has 0 atom stereocenters. The van der Waals surface area contributed by atoms with Crippen molar-refractivity contribution in [1.29, 1.82) is 0 Å². The van der Waals surface area contributed by atoms with Gasteiger partial charge in [0.2, 0.25) is 11.7 Å². The molecule has 0 bridgehead atoms. The number of amides is 1. The Morgan fingerprint density at radius 3 is 2.50 bits per heavy atom. The van der Waals surface area contributed by atoms with Crippen LogP contribution in [0.4, 0.5) is 11.5 Å². The molecule has 3 aromatic rings. The molecule has 9 nitrogen and oxygen atoms in total. The van der Waals surface area contributed by atoms with Gasteiger partial charge in [-0.15, -0.1) is 0 Å². The third kappa shape index (κ3) is 3.49. The molecule has 2 aromatic heterocycles. The number of aromatic nitrogens is 2. The molecule has 0 saturated carbocycles. The quantitative estimate of drug-likeness (QED) is 0.464. The van der Waals surface area contributed by atoms with Crippen LogP contribution in [0.1, 0.15) is 24.0 Å². The lowest BCUT2D eigenvalue weighted by Crippen LogP contribution is -2.44. The molecule has 1 amide bonds. The van der Waals surface area contributed by atoms with E-state index >= 15 is 0 Å². The Bertz CT molecular complexity index is 1260. The summed E-state index contributed by atoms with van der Waals surface area (Å²) in [7, 11) is 0. The van der Waals surface area contributed by atoms with E-state index in [1.807, 2.05) is 17.0 Å². The van der Waals surface area contributed by atoms with E-state index in [9.17, 15) is 19.7 Å². The minimum absolute atomic E-state index is 0.0870. The smallest absolute Gasteiger partial charge is 0.351 e. The number of pyridine rings is 1. The number of hydrogen-bond acceptors (Lipinski definition) is 6. The number of nitro groups is 1. The lowest BCUT2D eigenvalue weighted by atomic mass is 9.93. The fraction of sp³-hybridized carbons (Fsp3) is 0.348. The first kappa shape index (κ1) is 20.2. The average Bonchev–Trinajstić information content (AvgIpc) is 2.83. The summed E-state index contributed by atoms with van der Waals surface area (Å²) in [4.78, 5) is 45.0. The molecule has 0 unspecified atom stereocenters. The van der Waals surface area contributed by atoms with Crippen molar-refractivity contribution in [3.05, 3.63) is 80.3 Å². The minimum Gasteiger partial charge on any atom is -0.351 e. The molecule has 2 aliphatic rings. The number of rotatable bonds is 3. The van der Waals surface area contributed by atoms with E-state index in [2.05, 4.69) is 17.1 Å². The van der Waals surface area contributed by atoms with Crippen molar-refractivity contribution in [2.45, 2.75) is 25.8 Å². The number of carbonyl (C=O) groups is 1.